The van der Waals surface area contributed by atoms with Crippen LogP contribution in [0.15, 0.2) is 48.5 Å². The number of allylic oxidation sites excluding steroid dienone is 1. The van der Waals surface area contributed by atoms with Gasteiger partial charge < -0.3 is 9.74 Å². The smallest absolute Gasteiger partial charge is 0.330 e. The third-order valence-electron chi connectivity index (χ3n) is 5.41. The van der Waals surface area contributed by atoms with Gasteiger partial charge in [0.25, 0.3) is 11.8 Å². The number of hydrogen-bond donors (Lipinski definition) is 0. The van der Waals surface area contributed by atoms with Gasteiger partial charge in [-0.3, -0.25) is 14.4 Å². The summed E-state index contributed by atoms with van der Waals surface area (Å²) >= 11 is 0. The molecule has 0 aliphatic carbocycles. The third-order valence-corrected chi connectivity index (χ3v) is 5.41. The van der Waals surface area contributed by atoms with Gasteiger partial charge in [0.15, 0.2) is 0 Å². The van der Waals surface area contributed by atoms with Gasteiger partial charge in [-0.15, -0.1) is 5.06 Å². The van der Waals surface area contributed by atoms with Crippen LogP contribution < -0.4 is 4.90 Å². The molecule has 0 unspecified atom stereocenters. The van der Waals surface area contributed by atoms with Crippen LogP contribution in [-0.4, -0.2) is 28.8 Å². The number of imide groups is 1. The van der Waals surface area contributed by atoms with E-state index in [1.54, 1.807) is 4.90 Å². The van der Waals surface area contributed by atoms with Crippen LogP contribution in [0.1, 0.15) is 49.3 Å². The van der Waals surface area contributed by atoms with Crippen molar-refractivity contribution in [3.05, 3.63) is 65.2 Å². The van der Waals surface area contributed by atoms with Crippen LogP contribution in [0.4, 0.5) is 5.69 Å². The monoisotopic (exact) mass is 418 g/mol. The Morgan fingerprint density at radius 3 is 2.39 bits per heavy atom. The highest BCUT2D eigenvalue weighted by Crippen LogP contribution is 2.32. The first kappa shape index (κ1) is 20.5. The van der Waals surface area contributed by atoms with Gasteiger partial charge in [0.05, 0.1) is 18.7 Å². The number of fused-ring (bicyclic) bond motifs is 2. The summed E-state index contributed by atoms with van der Waals surface area (Å²) in [5.41, 5.74) is 4.87. The average Bonchev–Trinajstić information content (AvgIpc) is 3.07. The molecule has 0 aromatic heterocycles. The SMILES string of the molecule is C/C1=C/c2ccccc2N(C(=O)CCC(=O)ON2C(=O)CCC2=O)Cc2ccccc21. The van der Waals surface area contributed by atoms with E-state index in [-0.39, 0.29) is 31.6 Å². The first-order chi connectivity index (χ1) is 14.9. The van der Waals surface area contributed by atoms with Crippen molar-refractivity contribution in [1.82, 2.24) is 5.06 Å². The van der Waals surface area contributed by atoms with Gasteiger partial charge in [-0.25, -0.2) is 4.79 Å². The van der Waals surface area contributed by atoms with Crippen LogP contribution in [0.2, 0.25) is 0 Å². The maximum Gasteiger partial charge on any atom is 0.333 e. The Kier molecular flexibility index (Phi) is 5.66. The number of hydrogen-bond acceptors (Lipinski definition) is 5. The molecule has 31 heavy (non-hydrogen) atoms. The van der Waals surface area contributed by atoms with Crippen molar-refractivity contribution >= 4 is 41.0 Å². The molecule has 1 fully saturated rings. The maximum absolute atomic E-state index is 13.1. The van der Waals surface area contributed by atoms with Crippen molar-refractivity contribution in [1.29, 1.82) is 0 Å². The highest BCUT2D eigenvalue weighted by Gasteiger charge is 2.33. The van der Waals surface area contributed by atoms with E-state index in [4.69, 9.17) is 4.84 Å². The van der Waals surface area contributed by atoms with E-state index < -0.39 is 17.8 Å². The van der Waals surface area contributed by atoms with E-state index >= 15 is 0 Å². The Labute approximate surface area is 179 Å². The lowest BCUT2D eigenvalue weighted by Gasteiger charge is -2.28. The number of anilines is 1. The lowest BCUT2D eigenvalue weighted by molar-refractivity contribution is -0.197. The Balaban J connectivity index is 1.53. The quantitative estimate of drug-likeness (QED) is 0.710. The van der Waals surface area contributed by atoms with Crippen molar-refractivity contribution < 1.29 is 24.0 Å². The first-order valence-corrected chi connectivity index (χ1v) is 10.2. The number of carbonyl (C=O) groups is 4. The predicted molar refractivity (Wildman–Crippen MR) is 114 cm³/mol. The third kappa shape index (κ3) is 4.26. The molecule has 4 rings (SSSR count). The van der Waals surface area contributed by atoms with Crippen LogP contribution in [-0.2, 0) is 30.6 Å². The summed E-state index contributed by atoms with van der Waals surface area (Å²) in [5.74, 6) is -2.11. The second kappa shape index (κ2) is 8.55. The van der Waals surface area contributed by atoms with Gasteiger partial charge in [-0.1, -0.05) is 42.5 Å². The molecule has 0 spiro atoms. The van der Waals surface area contributed by atoms with Crippen molar-refractivity contribution in [2.75, 3.05) is 4.90 Å². The Bertz CT molecular complexity index is 1090. The predicted octanol–water partition coefficient (Wildman–Crippen LogP) is 3.48. The van der Waals surface area contributed by atoms with Gasteiger partial charge in [-0.2, -0.15) is 0 Å². The Morgan fingerprint density at radius 1 is 0.935 bits per heavy atom. The Morgan fingerprint density at radius 2 is 1.61 bits per heavy atom. The molecule has 0 radical (unpaired) electrons. The summed E-state index contributed by atoms with van der Waals surface area (Å²) in [6.45, 7) is 2.42. The number of hydroxylamine groups is 2. The van der Waals surface area contributed by atoms with Crippen LogP contribution in [0, 0.1) is 0 Å². The number of nitrogens with zero attached hydrogens (tertiary/aromatic N) is 2. The van der Waals surface area contributed by atoms with E-state index in [1.165, 1.54) is 0 Å². The molecule has 2 aliphatic heterocycles. The fourth-order valence-electron chi connectivity index (χ4n) is 3.84. The molecule has 0 atom stereocenters. The Hall–Kier alpha value is -3.74. The van der Waals surface area contributed by atoms with Gasteiger partial charge in [-0.05, 0) is 41.3 Å². The minimum absolute atomic E-state index is 0.0297. The second-order valence-corrected chi connectivity index (χ2v) is 7.57. The number of amides is 3. The molecule has 3 amide bonds. The molecule has 2 aromatic rings. The maximum atomic E-state index is 13.1. The number of para-hydroxylation sites is 1. The molecular weight excluding hydrogens is 396 g/mol. The molecule has 0 saturated carbocycles. The summed E-state index contributed by atoms with van der Waals surface area (Å²) in [7, 11) is 0. The first-order valence-electron chi connectivity index (χ1n) is 10.2. The minimum Gasteiger partial charge on any atom is -0.330 e. The van der Waals surface area contributed by atoms with E-state index in [0.717, 1.165) is 28.0 Å². The molecule has 2 heterocycles. The summed E-state index contributed by atoms with van der Waals surface area (Å²) in [6, 6.07) is 15.5. The van der Waals surface area contributed by atoms with E-state index in [9.17, 15) is 19.2 Å². The van der Waals surface area contributed by atoms with Gasteiger partial charge in [0, 0.05) is 19.3 Å². The molecule has 7 nitrogen and oxygen atoms in total. The lowest BCUT2D eigenvalue weighted by atomic mass is 9.95. The molecule has 2 aliphatic rings. The zero-order chi connectivity index (χ0) is 22.0. The highest BCUT2D eigenvalue weighted by atomic mass is 16.7. The summed E-state index contributed by atoms with van der Waals surface area (Å²) in [4.78, 5) is 55.0. The highest BCUT2D eigenvalue weighted by molar-refractivity contribution is 6.02. The zero-order valence-corrected chi connectivity index (χ0v) is 17.2. The largest absolute Gasteiger partial charge is 0.333 e. The number of carbonyl (C=O) groups excluding carboxylic acids is 4. The molecule has 0 bridgehead atoms. The van der Waals surface area contributed by atoms with Crippen molar-refractivity contribution in [3.8, 4) is 0 Å². The van der Waals surface area contributed by atoms with Crippen LogP contribution in [0.25, 0.3) is 11.6 Å². The summed E-state index contributed by atoms with van der Waals surface area (Å²) in [6.07, 6.45) is 1.77. The summed E-state index contributed by atoms with van der Waals surface area (Å²) in [5, 5.41) is 0.502. The van der Waals surface area contributed by atoms with Crippen molar-refractivity contribution in [3.63, 3.8) is 0 Å². The van der Waals surface area contributed by atoms with Crippen LogP contribution >= 0.6 is 0 Å². The van der Waals surface area contributed by atoms with Gasteiger partial charge in [0.1, 0.15) is 0 Å². The zero-order valence-electron chi connectivity index (χ0n) is 17.2. The van der Waals surface area contributed by atoms with E-state index in [1.807, 2.05) is 61.5 Å². The van der Waals surface area contributed by atoms with Crippen molar-refractivity contribution in [2.45, 2.75) is 39.2 Å². The standard InChI is InChI=1S/C24H22N2O5/c1-16-14-17-6-3-5-9-20(17)25(15-18-7-2-4-8-19(16)18)21(27)12-13-24(30)31-26-22(28)10-11-23(26)29/h2-9,14H,10-13,15H2,1H3/b16-14-. The average molecular weight is 418 g/mol. The van der Waals surface area contributed by atoms with Crippen molar-refractivity contribution in [2.24, 2.45) is 0 Å². The molecule has 0 N–H and O–H groups in total. The summed E-state index contributed by atoms with van der Waals surface area (Å²) < 4.78 is 0. The molecule has 1 saturated heterocycles. The number of rotatable bonds is 4. The fraction of sp³-hybridized carbons (Fsp3) is 0.250. The molecule has 2 aromatic carbocycles. The minimum atomic E-state index is -0.784. The van der Waals surface area contributed by atoms with Crippen LogP contribution in [0.3, 0.4) is 0 Å². The van der Waals surface area contributed by atoms with Gasteiger partial charge >= 0.3 is 5.97 Å². The fourth-order valence-corrected chi connectivity index (χ4v) is 3.84. The number of benzene rings is 2. The van der Waals surface area contributed by atoms with E-state index in [0.29, 0.717) is 11.6 Å². The van der Waals surface area contributed by atoms with Crippen LogP contribution in [0.5, 0.6) is 0 Å². The molecular formula is C24H22N2O5. The van der Waals surface area contributed by atoms with Gasteiger partial charge in [0.2, 0.25) is 5.91 Å². The normalized spacial score (nSPS) is 17.3. The topological polar surface area (TPSA) is 84.0 Å². The van der Waals surface area contributed by atoms with E-state index in [2.05, 4.69) is 0 Å². The lowest BCUT2D eigenvalue weighted by Crippen LogP contribution is -2.34. The molecule has 158 valence electrons. The second-order valence-electron chi connectivity index (χ2n) is 7.57. The molecule has 7 heteroatoms.